The lowest BCUT2D eigenvalue weighted by molar-refractivity contribution is 0.0532. The number of phenolic OH excluding ortho intramolecular Hbond substituents is 1. The Balaban J connectivity index is 2.72. The Morgan fingerprint density at radius 1 is 1.57 bits per heavy atom. The standard InChI is InChI=1S/C10H10O4/c1-5-6-4-14-10(12)9(6)8(13-2)3-7(5)11/h3,11H,4H2,1-2H3. The van der Waals surface area contributed by atoms with Crippen LogP contribution in [0.4, 0.5) is 0 Å². The molecule has 14 heavy (non-hydrogen) atoms. The number of fused-ring (bicyclic) bond motifs is 1. The van der Waals surface area contributed by atoms with Crippen molar-refractivity contribution in [3.8, 4) is 11.5 Å². The summed E-state index contributed by atoms with van der Waals surface area (Å²) in [7, 11) is 1.45. The van der Waals surface area contributed by atoms with Crippen LogP contribution < -0.4 is 4.74 Å². The van der Waals surface area contributed by atoms with Crippen LogP contribution >= 0.6 is 0 Å². The van der Waals surface area contributed by atoms with Crippen LogP contribution in [0.25, 0.3) is 0 Å². The SMILES string of the molecule is COc1cc(O)c(C)c2c1C(=O)OC2. The fraction of sp³-hybridized carbons (Fsp3) is 0.300. The molecule has 0 spiro atoms. The van der Waals surface area contributed by atoms with Crippen molar-refractivity contribution in [1.29, 1.82) is 0 Å². The maximum Gasteiger partial charge on any atom is 0.342 e. The van der Waals surface area contributed by atoms with Gasteiger partial charge in [0.15, 0.2) is 0 Å². The van der Waals surface area contributed by atoms with Gasteiger partial charge < -0.3 is 14.6 Å². The molecular formula is C10H10O4. The first kappa shape index (κ1) is 8.87. The Hall–Kier alpha value is -1.71. The molecule has 4 heteroatoms. The molecule has 0 atom stereocenters. The summed E-state index contributed by atoms with van der Waals surface area (Å²) in [4.78, 5) is 11.3. The van der Waals surface area contributed by atoms with Gasteiger partial charge in [0, 0.05) is 11.6 Å². The lowest BCUT2D eigenvalue weighted by Gasteiger charge is -2.08. The van der Waals surface area contributed by atoms with Crippen molar-refractivity contribution in [3.63, 3.8) is 0 Å². The molecule has 0 unspecified atom stereocenters. The number of methoxy groups -OCH3 is 1. The highest BCUT2D eigenvalue weighted by molar-refractivity contribution is 5.97. The zero-order valence-electron chi connectivity index (χ0n) is 7.96. The molecule has 0 amide bonds. The minimum atomic E-state index is -0.389. The zero-order valence-corrected chi connectivity index (χ0v) is 7.96. The number of rotatable bonds is 1. The molecule has 1 aromatic carbocycles. The van der Waals surface area contributed by atoms with Gasteiger partial charge in [-0.2, -0.15) is 0 Å². The van der Waals surface area contributed by atoms with E-state index in [1.807, 2.05) is 0 Å². The summed E-state index contributed by atoms with van der Waals surface area (Å²) >= 11 is 0. The van der Waals surface area contributed by atoms with Crippen LogP contribution in [-0.2, 0) is 11.3 Å². The number of hydrogen-bond donors (Lipinski definition) is 1. The second-order valence-corrected chi connectivity index (χ2v) is 3.15. The van der Waals surface area contributed by atoms with E-state index >= 15 is 0 Å². The average molecular weight is 194 g/mol. The number of aromatic hydroxyl groups is 1. The third-order valence-corrected chi connectivity index (χ3v) is 2.42. The first-order chi connectivity index (χ1) is 6.65. The van der Waals surface area contributed by atoms with Gasteiger partial charge in [0.25, 0.3) is 0 Å². The first-order valence-electron chi connectivity index (χ1n) is 4.21. The van der Waals surface area contributed by atoms with Crippen LogP contribution in [0.3, 0.4) is 0 Å². The Morgan fingerprint density at radius 3 is 2.93 bits per heavy atom. The summed E-state index contributed by atoms with van der Waals surface area (Å²) < 4.78 is 9.87. The summed E-state index contributed by atoms with van der Waals surface area (Å²) in [6.07, 6.45) is 0. The van der Waals surface area contributed by atoms with Crippen molar-refractivity contribution in [3.05, 3.63) is 22.8 Å². The number of cyclic esters (lactones) is 1. The molecule has 1 aromatic rings. The number of hydrogen-bond acceptors (Lipinski definition) is 4. The van der Waals surface area contributed by atoms with E-state index in [2.05, 4.69) is 0 Å². The highest BCUT2D eigenvalue weighted by Crippen LogP contribution is 2.36. The van der Waals surface area contributed by atoms with E-state index in [4.69, 9.17) is 9.47 Å². The molecule has 74 valence electrons. The van der Waals surface area contributed by atoms with Gasteiger partial charge in [-0.05, 0) is 12.5 Å². The van der Waals surface area contributed by atoms with Crippen molar-refractivity contribution >= 4 is 5.97 Å². The van der Waals surface area contributed by atoms with Gasteiger partial charge in [-0.3, -0.25) is 0 Å². The number of ether oxygens (including phenoxy) is 2. The number of benzene rings is 1. The van der Waals surface area contributed by atoms with Gasteiger partial charge in [0.2, 0.25) is 0 Å². The van der Waals surface area contributed by atoms with E-state index < -0.39 is 0 Å². The number of carbonyl (C=O) groups excluding carboxylic acids is 1. The van der Waals surface area contributed by atoms with Gasteiger partial charge in [0.1, 0.15) is 23.7 Å². The molecule has 0 saturated carbocycles. The lowest BCUT2D eigenvalue weighted by atomic mass is 10.0. The third kappa shape index (κ3) is 1.04. The van der Waals surface area contributed by atoms with Crippen LogP contribution in [0.1, 0.15) is 21.5 Å². The van der Waals surface area contributed by atoms with Crippen molar-refractivity contribution in [1.82, 2.24) is 0 Å². The van der Waals surface area contributed by atoms with Gasteiger partial charge in [0.05, 0.1) is 7.11 Å². The Morgan fingerprint density at radius 2 is 2.29 bits per heavy atom. The van der Waals surface area contributed by atoms with Crippen LogP contribution in [0.2, 0.25) is 0 Å². The number of carbonyl (C=O) groups is 1. The molecule has 2 rings (SSSR count). The Kier molecular flexibility index (Phi) is 1.84. The highest BCUT2D eigenvalue weighted by Gasteiger charge is 2.28. The first-order valence-corrected chi connectivity index (χ1v) is 4.21. The molecule has 1 heterocycles. The quantitative estimate of drug-likeness (QED) is 0.686. The number of phenols is 1. The monoisotopic (exact) mass is 194 g/mol. The van der Waals surface area contributed by atoms with Crippen LogP contribution in [-0.4, -0.2) is 18.2 Å². The second-order valence-electron chi connectivity index (χ2n) is 3.15. The highest BCUT2D eigenvalue weighted by atomic mass is 16.5. The number of esters is 1. The predicted molar refractivity (Wildman–Crippen MR) is 48.5 cm³/mol. The molecule has 1 aliphatic heterocycles. The lowest BCUT2D eigenvalue weighted by Crippen LogP contribution is -1.99. The van der Waals surface area contributed by atoms with Crippen molar-refractivity contribution in [2.45, 2.75) is 13.5 Å². The predicted octanol–water partition coefficient (Wildman–Crippen LogP) is 1.38. The molecule has 0 fully saturated rings. The van der Waals surface area contributed by atoms with Gasteiger partial charge in [-0.1, -0.05) is 0 Å². The summed E-state index contributed by atoms with van der Waals surface area (Å²) in [5.41, 5.74) is 1.82. The van der Waals surface area contributed by atoms with E-state index in [0.29, 0.717) is 22.4 Å². The molecule has 0 aliphatic carbocycles. The molecular weight excluding hydrogens is 184 g/mol. The van der Waals surface area contributed by atoms with E-state index in [-0.39, 0.29) is 18.3 Å². The van der Waals surface area contributed by atoms with E-state index in [1.165, 1.54) is 13.2 Å². The van der Waals surface area contributed by atoms with Crippen molar-refractivity contribution in [2.24, 2.45) is 0 Å². The van der Waals surface area contributed by atoms with Crippen LogP contribution in [0.15, 0.2) is 6.07 Å². The molecule has 4 nitrogen and oxygen atoms in total. The van der Waals surface area contributed by atoms with E-state index in [1.54, 1.807) is 6.92 Å². The van der Waals surface area contributed by atoms with Crippen molar-refractivity contribution < 1.29 is 19.4 Å². The Labute approximate surface area is 81.1 Å². The minimum Gasteiger partial charge on any atom is -0.508 e. The fourth-order valence-electron chi connectivity index (χ4n) is 1.57. The topological polar surface area (TPSA) is 55.8 Å². The molecule has 0 saturated heterocycles. The zero-order chi connectivity index (χ0) is 10.3. The summed E-state index contributed by atoms with van der Waals surface area (Å²) in [5, 5.41) is 9.53. The molecule has 0 aromatic heterocycles. The summed E-state index contributed by atoms with van der Waals surface area (Å²) in [5.74, 6) is 0.101. The molecule has 1 aliphatic rings. The molecule has 0 bridgehead atoms. The van der Waals surface area contributed by atoms with Crippen LogP contribution in [0, 0.1) is 6.92 Å². The Bertz CT molecular complexity index is 409. The van der Waals surface area contributed by atoms with E-state index in [0.717, 1.165) is 0 Å². The maximum absolute atomic E-state index is 11.3. The van der Waals surface area contributed by atoms with E-state index in [9.17, 15) is 9.90 Å². The summed E-state index contributed by atoms with van der Waals surface area (Å²) in [6.45, 7) is 1.96. The maximum atomic E-state index is 11.3. The van der Waals surface area contributed by atoms with Gasteiger partial charge >= 0.3 is 5.97 Å². The van der Waals surface area contributed by atoms with Gasteiger partial charge in [-0.25, -0.2) is 4.79 Å². The second kappa shape index (κ2) is 2.90. The summed E-state index contributed by atoms with van der Waals surface area (Å²) in [6, 6.07) is 1.43. The van der Waals surface area contributed by atoms with Crippen LogP contribution in [0.5, 0.6) is 11.5 Å². The normalized spacial score (nSPS) is 13.7. The smallest absolute Gasteiger partial charge is 0.342 e. The fourth-order valence-corrected chi connectivity index (χ4v) is 1.57. The largest absolute Gasteiger partial charge is 0.508 e. The van der Waals surface area contributed by atoms with Gasteiger partial charge in [-0.15, -0.1) is 0 Å². The molecule has 0 radical (unpaired) electrons. The average Bonchev–Trinajstić information content (AvgIpc) is 2.55. The minimum absolute atomic E-state index is 0.124. The van der Waals surface area contributed by atoms with Crippen molar-refractivity contribution in [2.75, 3.05) is 7.11 Å². The third-order valence-electron chi connectivity index (χ3n) is 2.42. The molecule has 1 N–H and O–H groups in total.